The molecule has 0 aromatic carbocycles. The van der Waals surface area contributed by atoms with Gasteiger partial charge in [-0.2, -0.15) is 18.3 Å². The first-order valence-electron chi connectivity index (χ1n) is 23.1. The van der Waals surface area contributed by atoms with E-state index in [9.17, 15) is 18.0 Å². The summed E-state index contributed by atoms with van der Waals surface area (Å²) in [7, 11) is 0. The maximum absolute atomic E-state index is 13.3. The molecule has 1 unspecified atom stereocenters. The van der Waals surface area contributed by atoms with Crippen LogP contribution < -0.4 is 5.32 Å². The molecular formula is C46H73F3N6OS. The van der Waals surface area contributed by atoms with Crippen LogP contribution in [0.5, 0.6) is 0 Å². The third-order valence-corrected chi connectivity index (χ3v) is 14.0. The highest BCUT2D eigenvalue weighted by atomic mass is 32.1. The van der Waals surface area contributed by atoms with Crippen LogP contribution in [0.2, 0.25) is 0 Å². The fourth-order valence-electron chi connectivity index (χ4n) is 9.47. The summed E-state index contributed by atoms with van der Waals surface area (Å²) >= 11 is 1.56. The summed E-state index contributed by atoms with van der Waals surface area (Å²) in [6.45, 7) is 4.83. The molecule has 1 N–H and O–H groups in total. The Hall–Kier alpha value is -2.56. The highest BCUT2D eigenvalue weighted by molar-refractivity contribution is 7.26. The molecule has 0 bridgehead atoms. The smallest absolute Gasteiger partial charge is 0.366 e. The lowest BCUT2D eigenvalue weighted by Crippen LogP contribution is -2.60. The summed E-state index contributed by atoms with van der Waals surface area (Å²) in [5, 5.41) is 13.7. The first kappa shape index (κ1) is 45.5. The van der Waals surface area contributed by atoms with Gasteiger partial charge in [0.05, 0.1) is 15.9 Å². The largest absolute Gasteiger partial charge is 0.397 e. The number of carbonyl (C=O) groups is 1. The van der Waals surface area contributed by atoms with E-state index < -0.39 is 18.5 Å². The molecule has 3 aromatic rings. The SMILES string of the molecule is Cc1nnc2sc3c(NC4CCCCCCCCCCCCCCCCCCCCCCCCCCCCC5(C4)CN(C(=O)CC(F)(F)F)C5)ncnc3c2c1C. The molecule has 5 rings (SSSR count). The number of rotatable bonds is 3. The zero-order chi connectivity index (χ0) is 40.4. The van der Waals surface area contributed by atoms with Gasteiger partial charge in [-0.25, -0.2) is 9.97 Å². The third kappa shape index (κ3) is 15.2. The van der Waals surface area contributed by atoms with Crippen LogP contribution in [0.15, 0.2) is 6.33 Å². The maximum Gasteiger partial charge on any atom is 0.397 e. The fraction of sp³-hybridized carbons (Fsp3) is 0.804. The average molecular weight is 815 g/mol. The molecule has 320 valence electrons. The number of carbonyl (C=O) groups excluding carboxylic acids is 1. The minimum atomic E-state index is -4.49. The van der Waals surface area contributed by atoms with E-state index in [1.165, 1.54) is 146 Å². The Morgan fingerprint density at radius 3 is 1.68 bits per heavy atom. The van der Waals surface area contributed by atoms with Crippen molar-refractivity contribution >= 4 is 43.5 Å². The zero-order valence-corrected chi connectivity index (χ0v) is 36.3. The molecular weight excluding hydrogens is 742 g/mol. The molecule has 1 aliphatic carbocycles. The highest BCUT2D eigenvalue weighted by Crippen LogP contribution is 2.43. The number of fused-ring (bicyclic) bond motifs is 3. The molecule has 1 saturated heterocycles. The van der Waals surface area contributed by atoms with Gasteiger partial charge in [-0.1, -0.05) is 167 Å². The van der Waals surface area contributed by atoms with E-state index in [2.05, 4.69) is 27.4 Å². The van der Waals surface area contributed by atoms with Gasteiger partial charge in [-0.3, -0.25) is 4.79 Å². The minimum Gasteiger partial charge on any atom is -0.366 e. The van der Waals surface area contributed by atoms with Crippen LogP contribution in [0.1, 0.15) is 204 Å². The molecule has 2 aliphatic rings. The molecule has 1 saturated carbocycles. The first-order valence-corrected chi connectivity index (χ1v) is 23.9. The van der Waals surface area contributed by atoms with Gasteiger partial charge in [0.15, 0.2) is 0 Å². The predicted octanol–water partition coefficient (Wildman–Crippen LogP) is 14.1. The molecule has 0 radical (unpaired) electrons. The van der Waals surface area contributed by atoms with Crippen molar-refractivity contribution in [2.45, 2.75) is 219 Å². The van der Waals surface area contributed by atoms with Crippen molar-refractivity contribution in [3.05, 3.63) is 17.6 Å². The van der Waals surface area contributed by atoms with Crippen molar-refractivity contribution in [1.82, 2.24) is 25.1 Å². The van der Waals surface area contributed by atoms with E-state index in [4.69, 9.17) is 4.98 Å². The van der Waals surface area contributed by atoms with E-state index in [0.717, 1.165) is 82.5 Å². The van der Waals surface area contributed by atoms with Gasteiger partial charge < -0.3 is 10.2 Å². The van der Waals surface area contributed by atoms with Crippen LogP contribution in [0.4, 0.5) is 19.0 Å². The van der Waals surface area contributed by atoms with Crippen LogP contribution >= 0.6 is 11.3 Å². The van der Waals surface area contributed by atoms with Gasteiger partial charge in [0.1, 0.15) is 23.4 Å². The average Bonchev–Trinajstić information content (AvgIpc) is 3.55. The standard InChI is InChI=1S/C46H73F3N6OS/c1-36-37(2)53-54-44-40(36)41-42(57-44)43(51-35-50-41)52-38-29-27-25-23-21-19-17-15-13-11-9-7-5-3-4-6-8-10-12-14-16-18-20-22-24-26-28-30-45(31-38)33-55(34-45)39(56)32-46(47,48)49/h35,38H,3-34H2,1-2H3,(H,50,51,52). The van der Waals surface area contributed by atoms with E-state index in [1.54, 1.807) is 17.7 Å². The number of halogens is 3. The molecule has 11 heteroatoms. The lowest BCUT2D eigenvalue weighted by Gasteiger charge is -2.52. The van der Waals surface area contributed by atoms with Crippen molar-refractivity contribution < 1.29 is 18.0 Å². The molecule has 3 aromatic heterocycles. The molecule has 1 spiro atoms. The van der Waals surface area contributed by atoms with Crippen molar-refractivity contribution in [1.29, 1.82) is 0 Å². The molecule has 1 atom stereocenters. The van der Waals surface area contributed by atoms with Gasteiger partial charge in [-0.05, 0) is 38.7 Å². The topological polar surface area (TPSA) is 83.9 Å². The number of hydrogen-bond donors (Lipinski definition) is 1. The Kier molecular flexibility index (Phi) is 19.1. The second-order valence-corrected chi connectivity index (χ2v) is 18.9. The summed E-state index contributed by atoms with van der Waals surface area (Å²) in [5.41, 5.74) is 2.64. The zero-order valence-electron chi connectivity index (χ0n) is 35.5. The van der Waals surface area contributed by atoms with Crippen LogP contribution in [-0.2, 0) is 4.79 Å². The molecule has 7 nitrogen and oxygen atoms in total. The number of amides is 1. The number of anilines is 1. The molecule has 1 aliphatic heterocycles. The first-order chi connectivity index (χ1) is 27.6. The summed E-state index contributed by atoms with van der Waals surface area (Å²) in [6, 6.07) is 0.0757. The Morgan fingerprint density at radius 2 is 1.19 bits per heavy atom. The molecule has 57 heavy (non-hydrogen) atoms. The second-order valence-electron chi connectivity index (χ2n) is 17.9. The summed E-state index contributed by atoms with van der Waals surface area (Å²) in [4.78, 5) is 24.5. The van der Waals surface area contributed by atoms with Crippen LogP contribution in [-0.4, -0.2) is 56.3 Å². The van der Waals surface area contributed by atoms with Crippen molar-refractivity contribution in [3.63, 3.8) is 0 Å². The number of hydrogen-bond acceptors (Lipinski definition) is 7. The number of alkyl halides is 3. The van der Waals surface area contributed by atoms with Crippen LogP contribution in [0.3, 0.4) is 0 Å². The normalized spacial score (nSPS) is 22.1. The third-order valence-electron chi connectivity index (χ3n) is 12.9. The molecule has 4 heterocycles. The van der Waals surface area contributed by atoms with E-state index >= 15 is 0 Å². The van der Waals surface area contributed by atoms with Crippen molar-refractivity contribution in [3.8, 4) is 0 Å². The van der Waals surface area contributed by atoms with Gasteiger partial charge in [0.2, 0.25) is 5.91 Å². The summed E-state index contributed by atoms with van der Waals surface area (Å²) in [6.07, 6.45) is 32.5. The van der Waals surface area contributed by atoms with E-state index in [-0.39, 0.29) is 11.5 Å². The lowest BCUT2D eigenvalue weighted by atomic mass is 9.70. The van der Waals surface area contributed by atoms with Crippen LogP contribution in [0.25, 0.3) is 20.4 Å². The number of aromatic nitrogens is 4. The van der Waals surface area contributed by atoms with E-state index in [0.29, 0.717) is 13.1 Å². The Morgan fingerprint density at radius 1 is 0.719 bits per heavy atom. The Balaban J connectivity index is 1.25. The number of thiophene rings is 1. The number of nitrogens with one attached hydrogen (secondary N) is 1. The van der Waals surface area contributed by atoms with Gasteiger partial charge in [0.25, 0.3) is 0 Å². The maximum atomic E-state index is 13.3. The van der Waals surface area contributed by atoms with Gasteiger partial charge >= 0.3 is 6.18 Å². The minimum absolute atomic E-state index is 0.0757. The highest BCUT2D eigenvalue weighted by Gasteiger charge is 2.47. The summed E-state index contributed by atoms with van der Waals surface area (Å²) < 4.78 is 40.8. The molecule has 2 fully saturated rings. The number of nitrogens with zero attached hydrogens (tertiary/aromatic N) is 5. The van der Waals surface area contributed by atoms with Crippen molar-refractivity contribution in [2.75, 3.05) is 18.4 Å². The number of aryl methyl sites for hydroxylation is 2. The number of likely N-dealkylation sites (tertiary alicyclic amines) is 1. The fourth-order valence-corrected chi connectivity index (χ4v) is 10.6. The Bertz CT molecular complexity index is 1620. The quantitative estimate of drug-likeness (QED) is 0.283. The Labute approximate surface area is 345 Å². The van der Waals surface area contributed by atoms with Crippen molar-refractivity contribution in [2.24, 2.45) is 5.41 Å². The lowest BCUT2D eigenvalue weighted by molar-refractivity contribution is -0.171. The van der Waals surface area contributed by atoms with Gasteiger partial charge in [0, 0.05) is 29.9 Å². The predicted molar refractivity (Wildman–Crippen MR) is 231 cm³/mol. The van der Waals surface area contributed by atoms with Gasteiger partial charge in [-0.15, -0.1) is 16.4 Å². The molecule has 1 amide bonds. The summed E-state index contributed by atoms with van der Waals surface area (Å²) in [5.74, 6) is -0.00633. The van der Waals surface area contributed by atoms with E-state index in [1.807, 2.05) is 6.92 Å². The second kappa shape index (κ2) is 23.9. The van der Waals surface area contributed by atoms with Crippen LogP contribution in [0, 0.1) is 19.3 Å². The monoisotopic (exact) mass is 815 g/mol.